The van der Waals surface area contributed by atoms with E-state index < -0.39 is 6.04 Å². The van der Waals surface area contributed by atoms with Crippen molar-refractivity contribution in [3.63, 3.8) is 0 Å². The van der Waals surface area contributed by atoms with Crippen molar-refractivity contribution < 1.29 is 10.1 Å². The average molecular weight is 216 g/mol. The van der Waals surface area contributed by atoms with Crippen molar-refractivity contribution >= 4 is 14.7 Å². The quantitative estimate of drug-likeness (QED) is 0.251. The first-order chi connectivity index (χ1) is 6.65. The summed E-state index contributed by atoms with van der Waals surface area (Å²) in [5.74, 6) is 0. The lowest BCUT2D eigenvalue weighted by Gasteiger charge is -2.18. The molecule has 0 aromatic rings. The Morgan fingerprint density at radius 2 is 2.43 bits per heavy atom. The first-order valence-corrected chi connectivity index (χ1v) is 5.04. The van der Waals surface area contributed by atoms with E-state index in [9.17, 15) is 10.1 Å². The summed E-state index contributed by atoms with van der Waals surface area (Å²) in [4.78, 5) is 10.4. The third kappa shape index (κ3) is 2.77. The summed E-state index contributed by atoms with van der Waals surface area (Å²) < 4.78 is 0. The van der Waals surface area contributed by atoms with Crippen molar-refractivity contribution in [3.05, 3.63) is 21.8 Å². The summed E-state index contributed by atoms with van der Waals surface area (Å²) in [6.07, 6.45) is 4.75. The minimum atomic E-state index is -0.596. The molecule has 0 amide bonds. The summed E-state index contributed by atoms with van der Waals surface area (Å²) in [6, 6.07) is -0.596. The molecule has 2 unspecified atom stereocenters. The molecule has 0 heterocycles. The van der Waals surface area contributed by atoms with Gasteiger partial charge in [-0.15, -0.1) is 0 Å². The van der Waals surface area contributed by atoms with Gasteiger partial charge in [0.05, 0.1) is 5.45 Å². The molecule has 2 atom stereocenters. The molecule has 1 fully saturated rings. The van der Waals surface area contributed by atoms with E-state index in [1.165, 1.54) is 0 Å². The van der Waals surface area contributed by atoms with Gasteiger partial charge in [-0.1, -0.05) is 14.4 Å². The number of nitrogens with zero attached hydrogens (tertiary/aromatic N) is 2. The van der Waals surface area contributed by atoms with Gasteiger partial charge in [0.15, 0.2) is 0 Å². The first-order valence-electron chi connectivity index (χ1n) is 4.46. The van der Waals surface area contributed by atoms with E-state index in [0.29, 0.717) is 11.9 Å². The van der Waals surface area contributed by atoms with Crippen LogP contribution < -0.4 is 0 Å². The molecule has 1 rings (SSSR count). The minimum Gasteiger partial charge on any atom is -0.410 e. The molecule has 0 radical (unpaired) electrons. The van der Waals surface area contributed by atoms with Crippen LogP contribution >= 0.6 is 9.24 Å². The van der Waals surface area contributed by atoms with Crippen LogP contribution in [0.25, 0.3) is 0 Å². The van der Waals surface area contributed by atoms with Gasteiger partial charge in [-0.05, 0) is 25.3 Å². The van der Waals surface area contributed by atoms with Crippen LogP contribution in [0.4, 0.5) is 0 Å². The molecule has 1 aliphatic rings. The Morgan fingerprint density at radius 3 is 3.00 bits per heavy atom. The third-order valence-electron chi connectivity index (χ3n) is 2.32. The zero-order valence-electron chi connectivity index (χ0n) is 7.72. The van der Waals surface area contributed by atoms with Crippen LogP contribution in [0.3, 0.4) is 0 Å². The Bertz CT molecular complexity index is 288. The highest BCUT2D eigenvalue weighted by Gasteiger charge is 2.28. The first kappa shape index (κ1) is 11.1. The molecule has 0 spiro atoms. The van der Waals surface area contributed by atoms with Crippen molar-refractivity contribution in [1.82, 2.24) is 0 Å². The van der Waals surface area contributed by atoms with Gasteiger partial charge in [0.1, 0.15) is 0 Å². The number of hydrogen-bond donors (Lipinski definition) is 1. The maximum atomic E-state index is 10.7. The SMILES string of the molecule is O=[N+]([O-])C1CCCC/C1=C\C(P)=N\O. The monoisotopic (exact) mass is 216 g/mol. The molecule has 0 aromatic carbocycles. The maximum Gasteiger partial charge on any atom is 0.234 e. The summed E-state index contributed by atoms with van der Waals surface area (Å²) in [6.45, 7) is 0. The number of rotatable bonds is 2. The van der Waals surface area contributed by atoms with Crippen molar-refractivity contribution in [2.24, 2.45) is 5.16 Å². The van der Waals surface area contributed by atoms with Crippen molar-refractivity contribution in [2.75, 3.05) is 0 Å². The lowest BCUT2D eigenvalue weighted by Crippen LogP contribution is -2.25. The van der Waals surface area contributed by atoms with Gasteiger partial charge in [0.25, 0.3) is 0 Å². The molecule has 1 N–H and O–H groups in total. The molecule has 1 saturated carbocycles. The molecule has 5 nitrogen and oxygen atoms in total. The number of oxime groups is 1. The lowest BCUT2D eigenvalue weighted by molar-refractivity contribution is -0.514. The molecular formula is C8H13N2O3P. The number of allylic oxidation sites excluding steroid dienone is 1. The maximum absolute atomic E-state index is 10.7. The zero-order chi connectivity index (χ0) is 10.6. The summed E-state index contributed by atoms with van der Waals surface area (Å²) in [5.41, 5.74) is 1.10. The Labute approximate surface area is 84.2 Å². The summed E-state index contributed by atoms with van der Waals surface area (Å²) in [5, 5.41) is 22.1. The molecule has 0 saturated heterocycles. The van der Waals surface area contributed by atoms with E-state index in [4.69, 9.17) is 5.21 Å². The normalized spacial score (nSPS) is 26.5. The van der Waals surface area contributed by atoms with Crippen LogP contribution in [0, 0.1) is 10.1 Å². The zero-order valence-corrected chi connectivity index (χ0v) is 8.87. The van der Waals surface area contributed by atoms with Gasteiger partial charge < -0.3 is 5.21 Å². The highest BCUT2D eigenvalue weighted by Crippen LogP contribution is 2.26. The van der Waals surface area contributed by atoms with Crippen molar-refractivity contribution in [3.8, 4) is 0 Å². The summed E-state index contributed by atoms with van der Waals surface area (Å²) >= 11 is 0. The molecule has 6 heteroatoms. The smallest absolute Gasteiger partial charge is 0.234 e. The van der Waals surface area contributed by atoms with Gasteiger partial charge in [-0.3, -0.25) is 10.1 Å². The van der Waals surface area contributed by atoms with E-state index in [2.05, 4.69) is 14.4 Å². The highest BCUT2D eigenvalue weighted by atomic mass is 31.0. The van der Waals surface area contributed by atoms with Crippen LogP contribution in [0.1, 0.15) is 25.7 Å². The van der Waals surface area contributed by atoms with Gasteiger partial charge in [0, 0.05) is 16.9 Å². The molecular weight excluding hydrogens is 203 g/mol. The largest absolute Gasteiger partial charge is 0.410 e. The van der Waals surface area contributed by atoms with Crippen molar-refractivity contribution in [2.45, 2.75) is 31.7 Å². The number of nitro groups is 1. The van der Waals surface area contributed by atoms with Crippen LogP contribution in [-0.2, 0) is 0 Å². The summed E-state index contributed by atoms with van der Waals surface area (Å²) in [7, 11) is 2.23. The number of hydrogen-bond acceptors (Lipinski definition) is 4. The molecule has 0 aliphatic heterocycles. The topological polar surface area (TPSA) is 75.7 Å². The van der Waals surface area contributed by atoms with Crippen LogP contribution in [-0.4, -0.2) is 21.6 Å². The van der Waals surface area contributed by atoms with E-state index in [1.54, 1.807) is 6.08 Å². The molecule has 0 aromatic heterocycles. The van der Waals surface area contributed by atoms with E-state index in [1.807, 2.05) is 0 Å². The lowest BCUT2D eigenvalue weighted by atomic mass is 9.90. The van der Waals surface area contributed by atoms with E-state index in [-0.39, 0.29) is 4.92 Å². The average Bonchev–Trinajstić information content (AvgIpc) is 2.18. The Kier molecular flexibility index (Phi) is 4.01. The van der Waals surface area contributed by atoms with Gasteiger partial charge in [-0.2, -0.15) is 0 Å². The van der Waals surface area contributed by atoms with E-state index >= 15 is 0 Å². The fourth-order valence-electron chi connectivity index (χ4n) is 1.65. The second kappa shape index (κ2) is 5.05. The molecule has 14 heavy (non-hydrogen) atoms. The van der Waals surface area contributed by atoms with E-state index in [0.717, 1.165) is 24.8 Å². The highest BCUT2D eigenvalue weighted by molar-refractivity contribution is 7.41. The van der Waals surface area contributed by atoms with Gasteiger partial charge >= 0.3 is 0 Å². The van der Waals surface area contributed by atoms with Crippen LogP contribution in [0.2, 0.25) is 0 Å². The van der Waals surface area contributed by atoms with Crippen LogP contribution in [0.15, 0.2) is 16.8 Å². The predicted molar refractivity (Wildman–Crippen MR) is 56.3 cm³/mol. The third-order valence-corrected chi connectivity index (χ3v) is 2.61. The Hall–Kier alpha value is -0.960. The predicted octanol–water partition coefficient (Wildman–Crippen LogP) is 1.79. The van der Waals surface area contributed by atoms with Gasteiger partial charge in [0.2, 0.25) is 6.04 Å². The fourth-order valence-corrected chi connectivity index (χ4v) is 1.86. The Morgan fingerprint density at radius 1 is 1.71 bits per heavy atom. The fraction of sp³-hybridized carbons (Fsp3) is 0.625. The molecule has 78 valence electrons. The van der Waals surface area contributed by atoms with Gasteiger partial charge in [-0.25, -0.2) is 0 Å². The Balaban J connectivity index is 2.82. The second-order valence-corrected chi connectivity index (χ2v) is 3.88. The van der Waals surface area contributed by atoms with Crippen LogP contribution in [0.5, 0.6) is 0 Å². The molecule has 0 bridgehead atoms. The second-order valence-electron chi connectivity index (χ2n) is 3.29. The standard InChI is InChI=1S/C8H13N2O3P/c11-9-8(14)5-6-3-1-2-4-7(6)10(12)13/h5,7,11H,1-4,14H2/b6-5+,9-8-. The minimum absolute atomic E-state index is 0.264. The van der Waals surface area contributed by atoms with Crippen molar-refractivity contribution in [1.29, 1.82) is 0 Å². The molecule has 1 aliphatic carbocycles.